The molecule has 1 aliphatic heterocycles. The van der Waals surface area contributed by atoms with E-state index in [-0.39, 0.29) is 25.4 Å². The average Bonchev–Trinajstić information content (AvgIpc) is 2.46. The molecule has 0 spiro atoms. The monoisotopic (exact) mass is 301 g/mol. The first-order chi connectivity index (χ1) is 9.97. The topological polar surface area (TPSA) is 76.1 Å². The molecule has 0 aliphatic carbocycles. The Kier molecular flexibility index (Phi) is 4.69. The fourth-order valence-corrected chi connectivity index (χ4v) is 1.85. The van der Waals surface area contributed by atoms with Crippen LogP contribution in [-0.2, 0) is 14.3 Å². The molecule has 1 aromatic rings. The minimum Gasteiger partial charge on any atom is -0.481 e. The number of benzene rings is 1. The van der Waals surface area contributed by atoms with Crippen molar-refractivity contribution in [2.24, 2.45) is 0 Å². The van der Waals surface area contributed by atoms with Gasteiger partial charge in [-0.3, -0.25) is 4.79 Å². The van der Waals surface area contributed by atoms with Gasteiger partial charge in [0.1, 0.15) is 5.82 Å². The summed E-state index contributed by atoms with van der Waals surface area (Å²) in [6.45, 7) is -0.218. The second kappa shape index (κ2) is 6.49. The molecule has 1 heterocycles. The molecule has 8 heteroatoms. The Bertz CT molecular complexity index is 551. The lowest BCUT2D eigenvalue weighted by Gasteiger charge is -2.30. The summed E-state index contributed by atoms with van der Waals surface area (Å²) in [6, 6.07) is 2.74. The highest BCUT2D eigenvalue weighted by Gasteiger charge is 2.29. The second-order valence-corrected chi connectivity index (χ2v) is 4.40. The van der Waals surface area contributed by atoms with Gasteiger partial charge in [-0.25, -0.2) is 13.6 Å². The zero-order chi connectivity index (χ0) is 15.4. The van der Waals surface area contributed by atoms with Gasteiger partial charge in [-0.2, -0.15) is 0 Å². The molecule has 0 aromatic heterocycles. The van der Waals surface area contributed by atoms with Crippen molar-refractivity contribution in [2.75, 3.05) is 26.3 Å². The summed E-state index contributed by atoms with van der Waals surface area (Å²) in [7, 11) is 0. The Morgan fingerprint density at radius 3 is 2.86 bits per heavy atom. The number of hydrogen-bond donors (Lipinski definition) is 1. The van der Waals surface area contributed by atoms with Crippen molar-refractivity contribution >= 4 is 11.9 Å². The minimum absolute atomic E-state index is 0.0938. The molecule has 1 N–H and O–H groups in total. The van der Waals surface area contributed by atoms with Gasteiger partial charge in [0.2, 0.25) is 0 Å². The molecule has 1 aliphatic rings. The first kappa shape index (κ1) is 15.2. The molecule has 2 rings (SSSR count). The summed E-state index contributed by atoms with van der Waals surface area (Å²) in [5.41, 5.74) is 0. The molecule has 0 saturated carbocycles. The van der Waals surface area contributed by atoms with Crippen LogP contribution in [0.25, 0.3) is 0 Å². The van der Waals surface area contributed by atoms with Gasteiger partial charge in [0.25, 0.3) is 5.91 Å². The van der Waals surface area contributed by atoms with Crippen LogP contribution in [0.4, 0.5) is 8.78 Å². The van der Waals surface area contributed by atoms with Crippen molar-refractivity contribution in [3.05, 3.63) is 29.8 Å². The summed E-state index contributed by atoms with van der Waals surface area (Å²) in [6.07, 6.45) is -1.08. The van der Waals surface area contributed by atoms with Crippen molar-refractivity contribution in [3.63, 3.8) is 0 Å². The summed E-state index contributed by atoms with van der Waals surface area (Å²) in [5.74, 6) is -3.55. The van der Waals surface area contributed by atoms with Gasteiger partial charge in [-0.15, -0.1) is 0 Å². The number of amides is 1. The Morgan fingerprint density at radius 2 is 2.19 bits per heavy atom. The van der Waals surface area contributed by atoms with Gasteiger partial charge < -0.3 is 19.5 Å². The number of aliphatic carboxylic acids is 1. The maximum Gasteiger partial charge on any atom is 0.334 e. The van der Waals surface area contributed by atoms with Crippen LogP contribution in [0, 0.1) is 11.6 Å². The van der Waals surface area contributed by atoms with Crippen molar-refractivity contribution in [1.82, 2.24) is 4.90 Å². The zero-order valence-electron chi connectivity index (χ0n) is 10.9. The first-order valence-corrected chi connectivity index (χ1v) is 6.17. The van der Waals surface area contributed by atoms with E-state index in [1.807, 2.05) is 0 Å². The lowest BCUT2D eigenvalue weighted by Crippen LogP contribution is -2.49. The lowest BCUT2D eigenvalue weighted by atomic mass is 10.2. The summed E-state index contributed by atoms with van der Waals surface area (Å²) in [4.78, 5) is 23.9. The number of rotatable bonds is 4. The van der Waals surface area contributed by atoms with Crippen LogP contribution < -0.4 is 4.74 Å². The largest absolute Gasteiger partial charge is 0.481 e. The molecular weight excluding hydrogens is 288 g/mol. The van der Waals surface area contributed by atoms with Crippen molar-refractivity contribution in [1.29, 1.82) is 0 Å². The zero-order valence-corrected chi connectivity index (χ0v) is 10.9. The molecule has 0 bridgehead atoms. The molecule has 0 unspecified atom stereocenters. The Balaban J connectivity index is 1.90. The number of carbonyl (C=O) groups excluding carboxylic acids is 1. The predicted octanol–water partition coefficient (Wildman–Crippen LogP) is 0.656. The van der Waals surface area contributed by atoms with Crippen LogP contribution in [-0.4, -0.2) is 54.3 Å². The molecule has 21 heavy (non-hydrogen) atoms. The van der Waals surface area contributed by atoms with Gasteiger partial charge >= 0.3 is 5.97 Å². The van der Waals surface area contributed by atoms with Crippen LogP contribution >= 0.6 is 0 Å². The van der Waals surface area contributed by atoms with E-state index in [9.17, 15) is 18.4 Å². The molecular formula is C13H13F2NO5. The minimum atomic E-state index is -1.15. The van der Waals surface area contributed by atoms with Gasteiger partial charge in [0.15, 0.2) is 24.3 Å². The number of ether oxygens (including phenoxy) is 2. The summed E-state index contributed by atoms with van der Waals surface area (Å²) >= 11 is 0. The Hall–Kier alpha value is -2.22. The molecule has 114 valence electrons. The molecule has 1 saturated heterocycles. The standard InChI is InChI=1S/C13H13F2NO5/c14-8-1-2-10(9(15)5-8)21-7-12(17)16-3-4-20-11(6-16)13(18)19/h1-2,5,11H,3-4,6-7H2,(H,18,19)/t11-/m1/s1. The highest BCUT2D eigenvalue weighted by molar-refractivity contribution is 5.79. The Morgan fingerprint density at radius 1 is 1.43 bits per heavy atom. The smallest absolute Gasteiger partial charge is 0.334 e. The van der Waals surface area contributed by atoms with E-state index < -0.39 is 36.2 Å². The average molecular weight is 301 g/mol. The fraction of sp³-hybridized carbons (Fsp3) is 0.385. The molecule has 1 fully saturated rings. The number of carboxylic acids is 1. The van der Waals surface area contributed by atoms with Crippen LogP contribution in [0.15, 0.2) is 18.2 Å². The van der Waals surface area contributed by atoms with E-state index in [2.05, 4.69) is 0 Å². The van der Waals surface area contributed by atoms with Crippen LogP contribution in [0.5, 0.6) is 5.75 Å². The number of morpholine rings is 1. The van der Waals surface area contributed by atoms with Crippen molar-refractivity contribution in [3.8, 4) is 5.75 Å². The summed E-state index contributed by atoms with van der Waals surface area (Å²) < 4.78 is 36.0. The SMILES string of the molecule is O=C(O)[C@H]1CN(C(=O)COc2ccc(F)cc2F)CCO1. The first-order valence-electron chi connectivity index (χ1n) is 6.17. The third-order valence-corrected chi connectivity index (χ3v) is 2.94. The van der Waals surface area contributed by atoms with E-state index in [4.69, 9.17) is 14.6 Å². The van der Waals surface area contributed by atoms with Gasteiger partial charge in [0, 0.05) is 12.6 Å². The Labute approximate surface area is 118 Å². The number of hydrogen-bond acceptors (Lipinski definition) is 4. The van der Waals surface area contributed by atoms with Gasteiger partial charge in [0.05, 0.1) is 13.2 Å². The number of halogens is 2. The maximum atomic E-state index is 13.3. The normalized spacial score (nSPS) is 18.4. The van der Waals surface area contributed by atoms with E-state index in [0.717, 1.165) is 12.1 Å². The highest BCUT2D eigenvalue weighted by atomic mass is 19.1. The third kappa shape index (κ3) is 3.88. The fourth-order valence-electron chi connectivity index (χ4n) is 1.85. The molecule has 1 amide bonds. The van der Waals surface area contributed by atoms with E-state index in [0.29, 0.717) is 6.07 Å². The number of carbonyl (C=O) groups is 2. The van der Waals surface area contributed by atoms with Crippen molar-refractivity contribution in [2.45, 2.75) is 6.10 Å². The molecule has 1 aromatic carbocycles. The van der Waals surface area contributed by atoms with Crippen LogP contribution in [0.3, 0.4) is 0 Å². The van der Waals surface area contributed by atoms with E-state index in [1.165, 1.54) is 4.90 Å². The second-order valence-electron chi connectivity index (χ2n) is 4.40. The molecule has 0 radical (unpaired) electrons. The van der Waals surface area contributed by atoms with Gasteiger partial charge in [-0.1, -0.05) is 0 Å². The lowest BCUT2D eigenvalue weighted by molar-refractivity contribution is -0.159. The quantitative estimate of drug-likeness (QED) is 0.884. The predicted molar refractivity (Wildman–Crippen MR) is 65.8 cm³/mol. The van der Waals surface area contributed by atoms with E-state index >= 15 is 0 Å². The third-order valence-electron chi connectivity index (χ3n) is 2.94. The van der Waals surface area contributed by atoms with E-state index in [1.54, 1.807) is 0 Å². The van der Waals surface area contributed by atoms with Crippen molar-refractivity contribution < 1.29 is 33.0 Å². The van der Waals surface area contributed by atoms with Gasteiger partial charge in [-0.05, 0) is 12.1 Å². The number of nitrogens with zero attached hydrogens (tertiary/aromatic N) is 1. The van der Waals surface area contributed by atoms with Crippen LogP contribution in [0.1, 0.15) is 0 Å². The number of carboxylic acid groups (broad SMARTS) is 1. The highest BCUT2D eigenvalue weighted by Crippen LogP contribution is 2.17. The van der Waals surface area contributed by atoms with Crippen LogP contribution in [0.2, 0.25) is 0 Å². The molecule has 6 nitrogen and oxygen atoms in total. The molecule has 1 atom stereocenters. The maximum absolute atomic E-state index is 13.3. The summed E-state index contributed by atoms with van der Waals surface area (Å²) in [5, 5.41) is 8.83.